The van der Waals surface area contributed by atoms with Gasteiger partial charge in [-0.1, -0.05) is 11.7 Å². The summed E-state index contributed by atoms with van der Waals surface area (Å²) in [4.78, 5) is 0. The van der Waals surface area contributed by atoms with Crippen LogP contribution < -0.4 is 0 Å². The maximum Gasteiger partial charge on any atom is 0.435 e. The minimum atomic E-state index is -5.17. The summed E-state index contributed by atoms with van der Waals surface area (Å²) in [5.74, 6) is 0. The van der Waals surface area contributed by atoms with Gasteiger partial charge in [-0.3, -0.25) is 13.7 Å². The Balaban J connectivity index is -0.0000000655. The van der Waals surface area contributed by atoms with Gasteiger partial charge in [0.2, 0.25) is 0 Å². The molecule has 16 heavy (non-hydrogen) atoms. The van der Waals surface area contributed by atoms with E-state index in [1.54, 1.807) is 0 Å². The van der Waals surface area contributed by atoms with E-state index in [4.69, 9.17) is 38.9 Å². The molecule has 16 heteroatoms. The summed E-state index contributed by atoms with van der Waals surface area (Å²) >= 11 is 0. The summed E-state index contributed by atoms with van der Waals surface area (Å²) in [6.07, 6.45) is 0. The summed E-state index contributed by atoms with van der Waals surface area (Å²) in [5.41, 5.74) is 0. The normalized spacial score (nSPS) is 10.9. The summed E-state index contributed by atoms with van der Waals surface area (Å²) in [6.45, 7) is 0. The van der Waals surface area contributed by atoms with E-state index in [9.17, 15) is 11.7 Å². The van der Waals surface area contributed by atoms with Gasteiger partial charge in [-0.2, -0.15) is 25.3 Å². The summed E-state index contributed by atoms with van der Waals surface area (Å²) in [5, 5.41) is 0. The average molecular weight is 408 g/mol. The van der Waals surface area contributed by atoms with Gasteiger partial charge in [-0.05, 0) is 0 Å². The second-order valence-electron chi connectivity index (χ2n) is 1.24. The summed E-state index contributed by atoms with van der Waals surface area (Å²) < 4.78 is 102. The van der Waals surface area contributed by atoms with Crippen LogP contribution in [-0.4, -0.2) is 38.9 Å². The van der Waals surface area contributed by atoms with Crippen LogP contribution in [0.4, 0.5) is 11.7 Å². The molecule has 107 valence electrons. The molecule has 0 aliphatic rings. The van der Waals surface area contributed by atoms with Crippen LogP contribution in [0.1, 0.15) is 0 Å². The number of hydrogen-bond acceptors (Lipinski definition) is 6. The first-order chi connectivity index (χ1) is 6.00. The van der Waals surface area contributed by atoms with Gasteiger partial charge >= 0.3 is 31.5 Å². The van der Waals surface area contributed by atoms with Crippen LogP contribution in [0.3, 0.4) is 0 Å². The zero-order valence-electron chi connectivity index (χ0n) is 6.45. The molecule has 9 nitrogen and oxygen atoms in total. The first-order valence-electron chi connectivity index (χ1n) is 2.01. The van der Waals surface area contributed by atoms with Gasteiger partial charge in [0, 0.05) is 22.4 Å². The zero-order valence-corrected chi connectivity index (χ0v) is 10.4. The Morgan fingerprint density at radius 1 is 0.562 bits per heavy atom. The van der Waals surface area contributed by atoms with E-state index in [0.717, 1.165) is 0 Å². The van der Waals surface area contributed by atoms with E-state index in [1.807, 2.05) is 0 Å². The smallest absolute Gasteiger partial charge is 0.260 e. The van der Waals surface area contributed by atoms with Crippen LogP contribution in [0, 0.1) is 0 Å². The van der Waals surface area contributed by atoms with E-state index in [2.05, 4.69) is 0 Å². The molecule has 0 saturated carbocycles. The topological polar surface area (TPSA) is 163 Å². The molecule has 0 aromatic heterocycles. The average Bonchev–Trinajstić information content (AvgIpc) is 1.41. The van der Waals surface area contributed by atoms with Gasteiger partial charge < -0.3 is 0 Å². The van der Waals surface area contributed by atoms with Crippen molar-refractivity contribution < 1.29 is 72.9 Å². The van der Waals surface area contributed by atoms with Crippen LogP contribution in [0.15, 0.2) is 0 Å². The van der Waals surface area contributed by atoms with Crippen molar-refractivity contribution in [3.63, 3.8) is 0 Å². The van der Waals surface area contributed by atoms with Gasteiger partial charge in [0.1, 0.15) is 0 Å². The molecule has 0 rings (SSSR count). The van der Waals surface area contributed by atoms with Crippen molar-refractivity contribution >= 4 is 31.5 Å². The van der Waals surface area contributed by atoms with E-state index in [1.165, 1.54) is 0 Å². The van der Waals surface area contributed by atoms with E-state index in [-0.39, 0.29) is 22.4 Å². The molecule has 0 heterocycles. The van der Waals surface area contributed by atoms with E-state index >= 15 is 0 Å². The van der Waals surface area contributed by atoms with Crippen LogP contribution in [0.25, 0.3) is 0 Å². The van der Waals surface area contributed by atoms with Crippen molar-refractivity contribution in [2.75, 3.05) is 0 Å². The van der Waals surface area contributed by atoms with Gasteiger partial charge in [0.25, 0.3) is 0 Å². The van der Waals surface area contributed by atoms with E-state index in [0.29, 0.717) is 0 Å². The molecule has 0 spiro atoms. The molecular formula is H3AgF3O9S3. The van der Waals surface area contributed by atoms with Gasteiger partial charge in [0.05, 0.1) is 0 Å². The predicted molar refractivity (Wildman–Crippen MR) is 38.0 cm³/mol. The van der Waals surface area contributed by atoms with Crippen molar-refractivity contribution in [2.24, 2.45) is 0 Å². The molecule has 3 N–H and O–H groups in total. The SMILES string of the molecule is O=S(=O)(O)F.O=S(=O)(O)F.O=S(=O)(O)F.[Ag]. The number of rotatable bonds is 0. The fraction of sp³-hybridized carbons (Fsp3) is 0. The molecule has 0 aromatic carbocycles. The second-order valence-corrected chi connectivity index (χ2v) is 3.71. The predicted octanol–water partition coefficient (Wildman–Crippen LogP) is -0.726. The molecule has 1 radical (unpaired) electrons. The Bertz CT molecular complexity index is 347. The van der Waals surface area contributed by atoms with E-state index < -0.39 is 31.5 Å². The van der Waals surface area contributed by atoms with Gasteiger partial charge in [0.15, 0.2) is 0 Å². The Hall–Kier alpha value is 0.260. The van der Waals surface area contributed by atoms with Crippen LogP contribution in [0.2, 0.25) is 0 Å². The zero-order chi connectivity index (χ0) is 13.5. The summed E-state index contributed by atoms with van der Waals surface area (Å²) in [7, 11) is -15.5. The third-order valence-electron chi connectivity index (χ3n) is 0. The Morgan fingerprint density at radius 2 is 0.562 bits per heavy atom. The third kappa shape index (κ3) is 37000. The monoisotopic (exact) mass is 407 g/mol. The van der Waals surface area contributed by atoms with Crippen LogP contribution >= 0.6 is 0 Å². The number of halogens is 3. The Kier molecular flexibility index (Phi) is 14.7. The van der Waals surface area contributed by atoms with Gasteiger partial charge in [-0.25, -0.2) is 0 Å². The van der Waals surface area contributed by atoms with Crippen molar-refractivity contribution in [1.82, 2.24) is 0 Å². The molecule has 0 aromatic rings. The summed E-state index contributed by atoms with van der Waals surface area (Å²) in [6, 6.07) is 0. The van der Waals surface area contributed by atoms with Crippen molar-refractivity contribution in [3.05, 3.63) is 0 Å². The standard InChI is InChI=1S/Ag.3FHO3S/c;3*1-5(2,3)4/h;3*(H,2,3,4). The minimum absolute atomic E-state index is 0. The van der Waals surface area contributed by atoms with Gasteiger partial charge in [-0.15, -0.1) is 0 Å². The minimum Gasteiger partial charge on any atom is -0.260 e. The fourth-order valence-corrected chi connectivity index (χ4v) is 0. The quantitative estimate of drug-likeness (QED) is 0.267. The number of hydrogen-bond donors (Lipinski definition) is 3. The molecule has 0 bridgehead atoms. The second kappa shape index (κ2) is 9.31. The van der Waals surface area contributed by atoms with Crippen LogP contribution in [-0.2, 0) is 53.9 Å². The van der Waals surface area contributed by atoms with Crippen LogP contribution in [0.5, 0.6) is 0 Å². The van der Waals surface area contributed by atoms with Crippen molar-refractivity contribution in [3.8, 4) is 0 Å². The Morgan fingerprint density at radius 3 is 0.562 bits per heavy atom. The van der Waals surface area contributed by atoms with Crippen molar-refractivity contribution in [1.29, 1.82) is 0 Å². The molecule has 0 amide bonds. The fourth-order valence-electron chi connectivity index (χ4n) is 0. The first kappa shape index (κ1) is 25.2. The first-order valence-corrected chi connectivity index (χ1v) is 6.03. The molecule has 0 atom stereocenters. The van der Waals surface area contributed by atoms with Crippen molar-refractivity contribution in [2.45, 2.75) is 0 Å². The maximum absolute atomic E-state index is 10.2. The molecule has 0 aliphatic heterocycles. The largest absolute Gasteiger partial charge is 0.435 e. The molecule has 0 unspecified atom stereocenters. The molecule has 0 fully saturated rings. The molecular weight excluding hydrogens is 405 g/mol. The maximum atomic E-state index is 10.2. The Labute approximate surface area is 104 Å². The molecule has 0 aliphatic carbocycles. The third-order valence-corrected chi connectivity index (χ3v) is 0. The molecule has 0 saturated heterocycles.